The molecule has 140 valence electrons. The van der Waals surface area contributed by atoms with Crippen molar-refractivity contribution in [3.05, 3.63) is 71.3 Å². The fraction of sp³-hybridized carbons (Fsp3) is 0.458. The van der Waals surface area contributed by atoms with Crippen LogP contribution in [0.25, 0.3) is 0 Å². The molecule has 1 saturated heterocycles. The zero-order valence-electron chi connectivity index (χ0n) is 16.0. The van der Waals surface area contributed by atoms with Crippen molar-refractivity contribution < 1.29 is 9.53 Å². The highest BCUT2D eigenvalue weighted by Crippen LogP contribution is 2.70. The number of hydrogen-bond acceptors (Lipinski definition) is 2. The van der Waals surface area contributed by atoms with Crippen LogP contribution in [0.1, 0.15) is 61.6 Å². The Kier molecular flexibility index (Phi) is 3.82. The monoisotopic (exact) mass is 361 g/mol. The van der Waals surface area contributed by atoms with Crippen LogP contribution in [0.15, 0.2) is 54.6 Å². The molecule has 2 aromatic rings. The van der Waals surface area contributed by atoms with Crippen LogP contribution in [0.3, 0.4) is 0 Å². The average Bonchev–Trinajstić information content (AvgIpc) is 3.12. The van der Waals surface area contributed by atoms with E-state index in [0.717, 1.165) is 18.5 Å². The quantitative estimate of drug-likeness (QED) is 0.696. The van der Waals surface area contributed by atoms with Crippen molar-refractivity contribution in [3.63, 3.8) is 0 Å². The number of likely N-dealkylation sites (tertiary alicyclic amines) is 1. The molecule has 0 unspecified atom stereocenters. The Hall–Kier alpha value is -2.29. The van der Waals surface area contributed by atoms with Gasteiger partial charge in [-0.3, -0.25) is 4.90 Å². The maximum absolute atomic E-state index is 13.2. The van der Waals surface area contributed by atoms with Crippen molar-refractivity contribution >= 4 is 6.09 Å². The lowest BCUT2D eigenvalue weighted by molar-refractivity contribution is 0.0120. The van der Waals surface area contributed by atoms with Crippen molar-refractivity contribution in [1.29, 1.82) is 0 Å². The van der Waals surface area contributed by atoms with E-state index in [9.17, 15) is 4.79 Å². The number of fused-ring (bicyclic) bond motifs is 3. The minimum Gasteiger partial charge on any atom is -0.445 e. The number of carbonyl (C=O) groups is 1. The number of amides is 1. The molecular weight excluding hydrogens is 334 g/mol. The summed E-state index contributed by atoms with van der Waals surface area (Å²) in [5, 5.41) is 0. The molecule has 2 aromatic carbocycles. The molecule has 0 bridgehead atoms. The van der Waals surface area contributed by atoms with Crippen LogP contribution in [-0.2, 0) is 16.9 Å². The predicted molar refractivity (Wildman–Crippen MR) is 105 cm³/mol. The number of hydrogen-bond donors (Lipinski definition) is 0. The topological polar surface area (TPSA) is 29.5 Å². The summed E-state index contributed by atoms with van der Waals surface area (Å²) in [6, 6.07) is 18.8. The van der Waals surface area contributed by atoms with E-state index in [1.807, 2.05) is 35.2 Å². The fourth-order valence-electron chi connectivity index (χ4n) is 6.35. The van der Waals surface area contributed by atoms with Crippen LogP contribution in [-0.4, -0.2) is 17.5 Å². The van der Waals surface area contributed by atoms with Gasteiger partial charge in [-0.15, -0.1) is 0 Å². The second-order valence-electron chi connectivity index (χ2n) is 8.56. The lowest BCUT2D eigenvalue weighted by atomic mass is 9.60. The third-order valence-corrected chi connectivity index (χ3v) is 7.61. The minimum atomic E-state index is -0.248. The van der Waals surface area contributed by atoms with E-state index >= 15 is 0 Å². The predicted octanol–water partition coefficient (Wildman–Crippen LogP) is 5.60. The summed E-state index contributed by atoms with van der Waals surface area (Å²) in [7, 11) is 0. The Labute approximate surface area is 161 Å². The Bertz CT molecular complexity index is 864. The molecule has 1 spiro atoms. The van der Waals surface area contributed by atoms with E-state index in [-0.39, 0.29) is 17.0 Å². The standard InChI is InChI=1S/C24H27NO2/c1-23-20-12-6-5-11-19(20)21-13-7-8-14-24(21,23)15-16-25(23)22(26)27-17-18-9-3-2-4-10-18/h2-6,9-12,21H,7-8,13-17H2,1H3/t21-,23+,24+/m0/s1. The van der Waals surface area contributed by atoms with E-state index in [1.165, 1.54) is 36.8 Å². The summed E-state index contributed by atoms with van der Waals surface area (Å²) < 4.78 is 5.76. The van der Waals surface area contributed by atoms with Crippen molar-refractivity contribution in [1.82, 2.24) is 4.90 Å². The van der Waals surface area contributed by atoms with Gasteiger partial charge in [0.15, 0.2) is 0 Å². The highest BCUT2D eigenvalue weighted by molar-refractivity contribution is 5.71. The normalized spacial score (nSPS) is 31.1. The molecule has 2 fully saturated rings. The molecule has 3 aliphatic rings. The van der Waals surface area contributed by atoms with Gasteiger partial charge in [0.1, 0.15) is 6.61 Å². The largest absolute Gasteiger partial charge is 0.445 e. The molecule has 3 atom stereocenters. The third-order valence-electron chi connectivity index (χ3n) is 7.61. The highest BCUT2D eigenvalue weighted by Gasteiger charge is 2.67. The highest BCUT2D eigenvalue weighted by atomic mass is 16.6. The third kappa shape index (κ3) is 2.24. The fourth-order valence-corrected chi connectivity index (χ4v) is 6.35. The minimum absolute atomic E-state index is 0.167. The zero-order chi connectivity index (χ0) is 18.5. The smallest absolute Gasteiger partial charge is 0.410 e. The number of carbonyl (C=O) groups excluding carboxylic acids is 1. The summed E-state index contributed by atoms with van der Waals surface area (Å²) in [6.07, 6.45) is 5.95. The van der Waals surface area contributed by atoms with E-state index in [2.05, 4.69) is 31.2 Å². The second kappa shape index (κ2) is 6.12. The molecule has 1 saturated carbocycles. The first-order valence-electron chi connectivity index (χ1n) is 10.2. The van der Waals surface area contributed by atoms with Crippen molar-refractivity contribution in [2.45, 2.75) is 57.1 Å². The number of nitrogens with zero attached hydrogens (tertiary/aromatic N) is 1. The number of rotatable bonds is 2. The van der Waals surface area contributed by atoms with E-state index in [0.29, 0.717) is 12.5 Å². The van der Waals surface area contributed by atoms with Crippen LogP contribution >= 0.6 is 0 Å². The van der Waals surface area contributed by atoms with E-state index < -0.39 is 0 Å². The molecule has 2 aliphatic carbocycles. The molecule has 3 heteroatoms. The van der Waals surface area contributed by atoms with Gasteiger partial charge in [0, 0.05) is 12.0 Å². The second-order valence-corrected chi connectivity index (χ2v) is 8.56. The van der Waals surface area contributed by atoms with Gasteiger partial charge in [0.05, 0.1) is 5.54 Å². The van der Waals surface area contributed by atoms with Gasteiger partial charge in [-0.1, -0.05) is 67.4 Å². The van der Waals surface area contributed by atoms with Crippen molar-refractivity contribution in [3.8, 4) is 0 Å². The SMILES string of the molecule is C[C@@]12c3ccccc3[C@@H]3CCCC[C@@]31CCN2C(=O)OCc1ccccc1. The van der Waals surface area contributed by atoms with E-state index in [4.69, 9.17) is 4.74 Å². The number of ether oxygens (including phenoxy) is 1. The molecule has 5 rings (SSSR count). The van der Waals surface area contributed by atoms with Crippen molar-refractivity contribution in [2.24, 2.45) is 5.41 Å². The molecule has 1 heterocycles. The van der Waals surface area contributed by atoms with Gasteiger partial charge >= 0.3 is 6.09 Å². The van der Waals surface area contributed by atoms with Crippen LogP contribution in [0, 0.1) is 5.41 Å². The Morgan fingerprint density at radius 2 is 1.85 bits per heavy atom. The first-order chi connectivity index (χ1) is 13.2. The van der Waals surface area contributed by atoms with Crippen LogP contribution in [0.4, 0.5) is 4.79 Å². The summed E-state index contributed by atoms with van der Waals surface area (Å²) >= 11 is 0. The summed E-state index contributed by atoms with van der Waals surface area (Å²) in [5.74, 6) is 0.583. The first-order valence-corrected chi connectivity index (χ1v) is 10.2. The molecule has 0 radical (unpaired) electrons. The Morgan fingerprint density at radius 1 is 1.07 bits per heavy atom. The summed E-state index contributed by atoms with van der Waals surface area (Å²) in [4.78, 5) is 15.2. The molecule has 27 heavy (non-hydrogen) atoms. The molecule has 1 aliphatic heterocycles. The van der Waals surface area contributed by atoms with Crippen LogP contribution < -0.4 is 0 Å². The van der Waals surface area contributed by atoms with Gasteiger partial charge in [0.2, 0.25) is 0 Å². The van der Waals surface area contributed by atoms with Gasteiger partial charge in [0.25, 0.3) is 0 Å². The van der Waals surface area contributed by atoms with Gasteiger partial charge in [-0.2, -0.15) is 0 Å². The van der Waals surface area contributed by atoms with Gasteiger partial charge in [-0.05, 0) is 48.8 Å². The van der Waals surface area contributed by atoms with Gasteiger partial charge in [-0.25, -0.2) is 4.79 Å². The number of benzene rings is 2. The molecule has 1 amide bonds. The maximum atomic E-state index is 13.2. The molecular formula is C24H27NO2. The van der Waals surface area contributed by atoms with Gasteiger partial charge < -0.3 is 4.74 Å². The lowest BCUT2D eigenvalue weighted by Gasteiger charge is -2.47. The van der Waals surface area contributed by atoms with Crippen molar-refractivity contribution in [2.75, 3.05) is 6.54 Å². The Morgan fingerprint density at radius 3 is 2.70 bits per heavy atom. The zero-order valence-corrected chi connectivity index (χ0v) is 16.0. The molecule has 3 nitrogen and oxygen atoms in total. The summed E-state index contributed by atoms with van der Waals surface area (Å²) in [6.45, 7) is 3.44. The molecule has 0 aromatic heterocycles. The summed E-state index contributed by atoms with van der Waals surface area (Å²) in [5.41, 5.74) is 3.79. The van der Waals surface area contributed by atoms with Crippen LogP contribution in [0.5, 0.6) is 0 Å². The molecule has 0 N–H and O–H groups in total. The lowest BCUT2D eigenvalue weighted by Crippen LogP contribution is -2.50. The van der Waals surface area contributed by atoms with Crippen LogP contribution in [0.2, 0.25) is 0 Å². The van der Waals surface area contributed by atoms with E-state index in [1.54, 1.807) is 0 Å². The average molecular weight is 361 g/mol. The Balaban J connectivity index is 1.48. The first kappa shape index (κ1) is 16.9. The maximum Gasteiger partial charge on any atom is 0.410 e.